The van der Waals surface area contributed by atoms with Crippen LogP contribution in [0.25, 0.3) is 28.2 Å². The quantitative estimate of drug-likeness (QED) is 0.547. The average Bonchev–Trinajstić information content (AvgIpc) is 3.30. The first-order valence-electron chi connectivity index (χ1n) is 10.3. The van der Waals surface area contributed by atoms with E-state index in [0.29, 0.717) is 23.5 Å². The number of aryl methyl sites for hydroxylation is 1. The van der Waals surface area contributed by atoms with Gasteiger partial charge in [-0.1, -0.05) is 26.0 Å². The van der Waals surface area contributed by atoms with Crippen LogP contribution in [0.15, 0.2) is 41.3 Å². The molecule has 2 unspecified atom stereocenters. The van der Waals surface area contributed by atoms with E-state index in [1.807, 2.05) is 31.2 Å². The Morgan fingerprint density at radius 1 is 1.10 bits per heavy atom. The maximum Gasteiger partial charge on any atom is 0.274 e. The number of hydrogen-bond donors (Lipinski definition) is 2. The van der Waals surface area contributed by atoms with Crippen LogP contribution in [-0.2, 0) is 0 Å². The minimum absolute atomic E-state index is 0.189. The van der Waals surface area contributed by atoms with Crippen molar-refractivity contribution in [2.75, 3.05) is 18.0 Å². The summed E-state index contributed by atoms with van der Waals surface area (Å²) in [6.07, 6.45) is 3.04. The molecular weight excluding hydrogens is 378 g/mol. The van der Waals surface area contributed by atoms with Gasteiger partial charge in [-0.15, -0.1) is 0 Å². The van der Waals surface area contributed by atoms with Crippen LogP contribution in [0.2, 0.25) is 0 Å². The van der Waals surface area contributed by atoms with Crippen LogP contribution in [-0.4, -0.2) is 42.8 Å². The van der Waals surface area contributed by atoms with Gasteiger partial charge in [0.1, 0.15) is 0 Å². The number of anilines is 1. The van der Waals surface area contributed by atoms with Gasteiger partial charge in [0, 0.05) is 30.9 Å². The van der Waals surface area contributed by atoms with Gasteiger partial charge in [-0.05, 0) is 37.3 Å². The fourth-order valence-corrected chi connectivity index (χ4v) is 4.43. The Balaban J connectivity index is 1.47. The van der Waals surface area contributed by atoms with E-state index in [1.54, 1.807) is 12.3 Å². The number of fused-ring (bicyclic) bond motifs is 1. The lowest BCUT2D eigenvalue weighted by Crippen LogP contribution is -2.39. The summed E-state index contributed by atoms with van der Waals surface area (Å²) in [6, 6.07) is 9.24. The van der Waals surface area contributed by atoms with Crippen LogP contribution < -0.4 is 10.5 Å². The molecule has 8 heteroatoms. The number of benzene rings is 1. The molecule has 154 valence electrons. The molecule has 0 spiro atoms. The molecule has 1 aliphatic rings. The van der Waals surface area contributed by atoms with Gasteiger partial charge in [0.05, 0.1) is 22.4 Å². The summed E-state index contributed by atoms with van der Waals surface area (Å²) >= 11 is 0. The Morgan fingerprint density at radius 3 is 2.60 bits per heavy atom. The highest BCUT2D eigenvalue weighted by Crippen LogP contribution is 2.26. The molecule has 1 fully saturated rings. The summed E-state index contributed by atoms with van der Waals surface area (Å²) < 4.78 is 1.41. The van der Waals surface area contributed by atoms with Crippen molar-refractivity contribution in [1.82, 2.24) is 29.7 Å². The molecule has 8 nitrogen and oxygen atoms in total. The van der Waals surface area contributed by atoms with Crippen molar-refractivity contribution >= 4 is 17.0 Å². The normalized spacial score (nSPS) is 19.5. The third kappa shape index (κ3) is 3.28. The zero-order chi connectivity index (χ0) is 20.8. The predicted octanol–water partition coefficient (Wildman–Crippen LogP) is 3.29. The lowest BCUT2D eigenvalue weighted by atomic mass is 9.92. The number of aromatic amines is 2. The van der Waals surface area contributed by atoms with Crippen LogP contribution in [0.1, 0.15) is 26.0 Å². The second-order valence-corrected chi connectivity index (χ2v) is 8.44. The number of nitrogens with one attached hydrogen (secondary N) is 2. The first-order chi connectivity index (χ1) is 14.5. The van der Waals surface area contributed by atoms with E-state index < -0.39 is 0 Å². The molecule has 1 aromatic carbocycles. The molecule has 30 heavy (non-hydrogen) atoms. The first-order valence-corrected chi connectivity index (χ1v) is 10.3. The number of piperidine rings is 1. The van der Waals surface area contributed by atoms with Crippen LogP contribution in [0.4, 0.5) is 5.95 Å². The van der Waals surface area contributed by atoms with Gasteiger partial charge in [-0.2, -0.15) is 4.68 Å². The molecule has 0 saturated carbocycles. The third-order valence-corrected chi connectivity index (χ3v) is 5.72. The van der Waals surface area contributed by atoms with Crippen LogP contribution >= 0.6 is 0 Å². The number of para-hydroxylation sites is 2. The predicted molar refractivity (Wildman–Crippen MR) is 117 cm³/mol. The van der Waals surface area contributed by atoms with Gasteiger partial charge in [0.15, 0.2) is 0 Å². The third-order valence-electron chi connectivity index (χ3n) is 5.72. The standard InChI is InChI=1S/C22H25N7O/c1-13-8-14(2)12-28(11-13)21-23-10-16(15(3)24-21)19-9-20(30)29(27-19)22-25-17-6-4-5-7-18(17)26-22/h4-7,9-10,13-14,27H,8,11-12H2,1-3H3,(H,25,26). The highest BCUT2D eigenvalue weighted by Gasteiger charge is 2.24. The first kappa shape index (κ1) is 18.6. The summed E-state index contributed by atoms with van der Waals surface area (Å²) in [5.74, 6) is 2.48. The lowest BCUT2D eigenvalue weighted by molar-refractivity contribution is 0.353. The molecule has 0 bridgehead atoms. The second-order valence-electron chi connectivity index (χ2n) is 8.44. The molecule has 4 heterocycles. The SMILES string of the molecule is Cc1nc(N2CC(C)CC(C)C2)ncc1-c1cc(=O)n(-c2nc3ccccc3[nH]2)[nH]1. The summed E-state index contributed by atoms with van der Waals surface area (Å²) in [5.41, 5.74) is 3.82. The molecule has 1 aliphatic heterocycles. The molecule has 0 amide bonds. The van der Waals surface area contributed by atoms with Gasteiger partial charge in [-0.3, -0.25) is 9.89 Å². The Morgan fingerprint density at radius 2 is 1.87 bits per heavy atom. The molecule has 1 saturated heterocycles. The van der Waals surface area contributed by atoms with E-state index in [2.05, 4.69) is 38.8 Å². The van der Waals surface area contributed by atoms with Crippen molar-refractivity contribution < 1.29 is 0 Å². The number of aromatic nitrogens is 6. The van der Waals surface area contributed by atoms with Crippen molar-refractivity contribution in [2.24, 2.45) is 11.8 Å². The fraction of sp³-hybridized carbons (Fsp3) is 0.364. The Kier molecular flexibility index (Phi) is 4.42. The number of H-pyrrole nitrogens is 2. The monoisotopic (exact) mass is 403 g/mol. The van der Waals surface area contributed by atoms with E-state index in [4.69, 9.17) is 4.98 Å². The topological polar surface area (TPSA) is 95.5 Å². The van der Waals surface area contributed by atoms with E-state index >= 15 is 0 Å². The summed E-state index contributed by atoms with van der Waals surface area (Å²) in [5, 5.41) is 3.15. The zero-order valence-corrected chi connectivity index (χ0v) is 17.4. The van der Waals surface area contributed by atoms with Crippen molar-refractivity contribution in [3.05, 3.63) is 52.6 Å². The van der Waals surface area contributed by atoms with E-state index in [-0.39, 0.29) is 5.56 Å². The Labute approximate surface area is 174 Å². The number of nitrogens with zero attached hydrogens (tertiary/aromatic N) is 5. The van der Waals surface area contributed by atoms with Gasteiger partial charge in [0.2, 0.25) is 11.9 Å². The molecular formula is C22H25N7O. The largest absolute Gasteiger partial charge is 0.340 e. The van der Waals surface area contributed by atoms with E-state index in [0.717, 1.165) is 41.3 Å². The van der Waals surface area contributed by atoms with Crippen molar-refractivity contribution in [3.63, 3.8) is 0 Å². The van der Waals surface area contributed by atoms with E-state index in [1.165, 1.54) is 11.1 Å². The summed E-state index contributed by atoms with van der Waals surface area (Å²) in [4.78, 5) is 31.9. The van der Waals surface area contributed by atoms with Gasteiger partial charge >= 0.3 is 0 Å². The fourth-order valence-electron chi connectivity index (χ4n) is 4.43. The minimum atomic E-state index is -0.189. The Bertz CT molecular complexity index is 1220. The molecule has 4 aromatic rings. The highest BCUT2D eigenvalue weighted by molar-refractivity contribution is 5.76. The highest BCUT2D eigenvalue weighted by atomic mass is 16.1. The average molecular weight is 403 g/mol. The van der Waals surface area contributed by atoms with Gasteiger partial charge in [0.25, 0.3) is 5.56 Å². The number of rotatable bonds is 3. The Hall–Kier alpha value is -3.42. The van der Waals surface area contributed by atoms with Crippen LogP contribution in [0.5, 0.6) is 0 Å². The second kappa shape index (κ2) is 7.12. The van der Waals surface area contributed by atoms with E-state index in [9.17, 15) is 4.79 Å². The molecule has 5 rings (SSSR count). The molecule has 0 aliphatic carbocycles. The maximum atomic E-state index is 12.6. The van der Waals surface area contributed by atoms with Crippen LogP contribution in [0, 0.1) is 18.8 Å². The zero-order valence-electron chi connectivity index (χ0n) is 17.4. The lowest BCUT2D eigenvalue weighted by Gasteiger charge is -2.35. The van der Waals surface area contributed by atoms with Gasteiger partial charge < -0.3 is 9.88 Å². The minimum Gasteiger partial charge on any atom is -0.340 e. The van der Waals surface area contributed by atoms with Crippen LogP contribution in [0.3, 0.4) is 0 Å². The van der Waals surface area contributed by atoms with Gasteiger partial charge in [-0.25, -0.2) is 15.0 Å². The molecule has 3 aromatic heterocycles. The van der Waals surface area contributed by atoms with Crippen molar-refractivity contribution in [1.29, 1.82) is 0 Å². The number of hydrogen-bond acceptors (Lipinski definition) is 5. The molecule has 0 radical (unpaired) electrons. The smallest absolute Gasteiger partial charge is 0.274 e. The molecule has 2 atom stereocenters. The number of imidazole rings is 1. The molecule has 2 N–H and O–H groups in total. The van der Waals surface area contributed by atoms with Crippen molar-refractivity contribution in [2.45, 2.75) is 27.2 Å². The van der Waals surface area contributed by atoms with Crippen molar-refractivity contribution in [3.8, 4) is 17.2 Å². The summed E-state index contributed by atoms with van der Waals surface area (Å²) in [6.45, 7) is 8.45. The summed E-state index contributed by atoms with van der Waals surface area (Å²) in [7, 11) is 0. The maximum absolute atomic E-state index is 12.6.